The van der Waals surface area contributed by atoms with Gasteiger partial charge in [0, 0.05) is 24.3 Å². The molecular weight excluding hydrogens is 346 g/mol. The first kappa shape index (κ1) is 18.8. The van der Waals surface area contributed by atoms with Gasteiger partial charge in [-0.25, -0.2) is 0 Å². The Labute approximate surface area is 167 Å². The van der Waals surface area contributed by atoms with Crippen molar-refractivity contribution in [1.82, 2.24) is 14.8 Å². The van der Waals surface area contributed by atoms with Gasteiger partial charge in [0.2, 0.25) is 5.91 Å². The van der Waals surface area contributed by atoms with Gasteiger partial charge in [0.1, 0.15) is 0 Å². The van der Waals surface area contributed by atoms with Gasteiger partial charge in [-0.15, -0.1) is 0 Å². The predicted molar refractivity (Wildman–Crippen MR) is 115 cm³/mol. The summed E-state index contributed by atoms with van der Waals surface area (Å²) in [5, 5.41) is 4.51. The van der Waals surface area contributed by atoms with Gasteiger partial charge < -0.3 is 14.8 Å². The summed E-state index contributed by atoms with van der Waals surface area (Å²) in [5.74, 6) is 0.168. The lowest BCUT2D eigenvalue weighted by Crippen LogP contribution is -2.51. The van der Waals surface area contributed by atoms with E-state index in [0.717, 1.165) is 38.0 Å². The maximum Gasteiger partial charge on any atom is 0.230 e. The van der Waals surface area contributed by atoms with Crippen LogP contribution in [0.1, 0.15) is 24.1 Å². The van der Waals surface area contributed by atoms with Gasteiger partial charge >= 0.3 is 0 Å². The summed E-state index contributed by atoms with van der Waals surface area (Å²) in [5.41, 5.74) is 3.18. The van der Waals surface area contributed by atoms with E-state index in [1.807, 2.05) is 18.2 Å². The predicted octanol–water partition coefficient (Wildman–Crippen LogP) is 3.73. The average Bonchev–Trinajstić information content (AvgIpc) is 3.04. The molecule has 1 aliphatic rings. The minimum absolute atomic E-state index is 0.168. The highest BCUT2D eigenvalue weighted by molar-refractivity contribution is 5.88. The molecule has 0 aliphatic carbocycles. The van der Waals surface area contributed by atoms with Gasteiger partial charge in [-0.05, 0) is 63.0 Å². The maximum atomic E-state index is 13.4. The molecule has 1 N–H and O–H groups in total. The SMILES string of the molecule is Cc1cc2ccccc2n1CCNC(=O)C1(c2ccccc2)CCN(C)CC1. The molecule has 0 spiro atoms. The molecule has 0 bridgehead atoms. The number of hydrogen-bond acceptors (Lipinski definition) is 2. The van der Waals surface area contributed by atoms with E-state index >= 15 is 0 Å². The second-order valence-corrected chi connectivity index (χ2v) is 8.00. The summed E-state index contributed by atoms with van der Waals surface area (Å²) in [6.45, 7) is 5.45. The summed E-state index contributed by atoms with van der Waals surface area (Å²) >= 11 is 0. The van der Waals surface area contributed by atoms with Gasteiger partial charge in [-0.1, -0.05) is 48.5 Å². The molecule has 4 rings (SSSR count). The molecule has 146 valence electrons. The fourth-order valence-electron chi connectivity index (χ4n) is 4.50. The molecule has 28 heavy (non-hydrogen) atoms. The van der Waals surface area contributed by atoms with Crippen LogP contribution in [0.5, 0.6) is 0 Å². The topological polar surface area (TPSA) is 37.3 Å². The number of carbonyl (C=O) groups excluding carboxylic acids is 1. The summed E-state index contributed by atoms with van der Waals surface area (Å²) < 4.78 is 2.29. The van der Waals surface area contributed by atoms with Crippen molar-refractivity contribution in [3.63, 3.8) is 0 Å². The number of likely N-dealkylation sites (tertiary alicyclic amines) is 1. The molecule has 1 fully saturated rings. The van der Waals surface area contributed by atoms with E-state index in [0.29, 0.717) is 6.54 Å². The van der Waals surface area contributed by atoms with E-state index in [2.05, 4.69) is 71.2 Å². The highest BCUT2D eigenvalue weighted by atomic mass is 16.2. The fraction of sp³-hybridized carbons (Fsp3) is 0.375. The number of aromatic nitrogens is 1. The highest BCUT2D eigenvalue weighted by Crippen LogP contribution is 2.35. The molecule has 1 saturated heterocycles. The van der Waals surface area contributed by atoms with E-state index in [1.54, 1.807) is 0 Å². The van der Waals surface area contributed by atoms with Crippen molar-refractivity contribution in [3.05, 3.63) is 71.9 Å². The van der Waals surface area contributed by atoms with Gasteiger partial charge in [0.25, 0.3) is 0 Å². The molecule has 4 nitrogen and oxygen atoms in total. The van der Waals surface area contributed by atoms with Crippen LogP contribution in [-0.4, -0.2) is 42.1 Å². The van der Waals surface area contributed by atoms with E-state index in [1.165, 1.54) is 16.6 Å². The molecule has 1 aromatic heterocycles. The van der Waals surface area contributed by atoms with Crippen LogP contribution < -0.4 is 5.32 Å². The van der Waals surface area contributed by atoms with E-state index in [9.17, 15) is 4.79 Å². The monoisotopic (exact) mass is 375 g/mol. The van der Waals surface area contributed by atoms with Gasteiger partial charge in [0.15, 0.2) is 0 Å². The fourth-order valence-corrected chi connectivity index (χ4v) is 4.50. The zero-order chi connectivity index (χ0) is 19.6. The number of piperidine rings is 1. The molecule has 1 aliphatic heterocycles. The number of nitrogens with zero attached hydrogens (tertiary/aromatic N) is 2. The number of rotatable bonds is 5. The molecule has 1 amide bonds. The Morgan fingerprint density at radius 3 is 2.46 bits per heavy atom. The summed E-state index contributed by atoms with van der Waals surface area (Å²) in [6.07, 6.45) is 1.73. The van der Waals surface area contributed by atoms with E-state index < -0.39 is 5.41 Å². The Morgan fingerprint density at radius 2 is 1.71 bits per heavy atom. The third-order valence-electron chi connectivity index (χ3n) is 6.24. The van der Waals surface area contributed by atoms with Crippen molar-refractivity contribution in [2.45, 2.75) is 31.7 Å². The molecule has 0 unspecified atom stereocenters. The van der Waals surface area contributed by atoms with Crippen molar-refractivity contribution in [2.24, 2.45) is 0 Å². The third-order valence-corrected chi connectivity index (χ3v) is 6.24. The number of fused-ring (bicyclic) bond motifs is 1. The first-order valence-corrected chi connectivity index (χ1v) is 10.2. The molecule has 0 saturated carbocycles. The minimum Gasteiger partial charge on any atom is -0.354 e. The molecule has 2 heterocycles. The quantitative estimate of drug-likeness (QED) is 0.738. The van der Waals surface area contributed by atoms with Crippen molar-refractivity contribution < 1.29 is 4.79 Å². The number of aryl methyl sites for hydroxylation is 1. The number of benzene rings is 2. The maximum absolute atomic E-state index is 13.4. The van der Waals surface area contributed by atoms with Crippen LogP contribution in [-0.2, 0) is 16.8 Å². The molecule has 3 aromatic rings. The second kappa shape index (κ2) is 7.80. The van der Waals surface area contributed by atoms with Gasteiger partial charge in [-0.3, -0.25) is 4.79 Å². The Hall–Kier alpha value is -2.59. The smallest absolute Gasteiger partial charge is 0.230 e. The summed E-state index contributed by atoms with van der Waals surface area (Å²) in [4.78, 5) is 15.7. The lowest BCUT2D eigenvalue weighted by atomic mass is 9.72. The van der Waals surface area contributed by atoms with Crippen molar-refractivity contribution in [1.29, 1.82) is 0 Å². The summed E-state index contributed by atoms with van der Waals surface area (Å²) in [6, 6.07) is 20.9. The number of nitrogens with one attached hydrogen (secondary N) is 1. The van der Waals surface area contributed by atoms with E-state index in [4.69, 9.17) is 0 Å². The third kappa shape index (κ3) is 3.45. The van der Waals surface area contributed by atoms with E-state index in [-0.39, 0.29) is 5.91 Å². The average molecular weight is 376 g/mol. The summed E-state index contributed by atoms with van der Waals surface area (Å²) in [7, 11) is 2.13. The Morgan fingerprint density at radius 1 is 1.04 bits per heavy atom. The van der Waals surface area contributed by atoms with Gasteiger partial charge in [0.05, 0.1) is 5.41 Å². The minimum atomic E-state index is -0.415. The Kier molecular flexibility index (Phi) is 5.23. The lowest BCUT2D eigenvalue weighted by molar-refractivity contribution is -0.128. The molecule has 0 radical (unpaired) electrons. The normalized spacial score (nSPS) is 16.9. The molecule has 2 aromatic carbocycles. The molecule has 0 atom stereocenters. The zero-order valence-electron chi connectivity index (χ0n) is 16.8. The number of amides is 1. The van der Waals surface area contributed by atoms with Crippen LogP contribution in [0.3, 0.4) is 0 Å². The van der Waals surface area contributed by atoms with Crippen molar-refractivity contribution in [2.75, 3.05) is 26.7 Å². The number of hydrogen-bond donors (Lipinski definition) is 1. The van der Waals surface area contributed by atoms with Crippen molar-refractivity contribution in [3.8, 4) is 0 Å². The lowest BCUT2D eigenvalue weighted by Gasteiger charge is -2.39. The van der Waals surface area contributed by atoms with Crippen LogP contribution in [0.2, 0.25) is 0 Å². The Balaban J connectivity index is 1.50. The molecule has 4 heteroatoms. The van der Waals surface area contributed by atoms with Crippen LogP contribution in [0.15, 0.2) is 60.7 Å². The number of para-hydroxylation sites is 1. The Bertz CT molecular complexity index is 952. The largest absolute Gasteiger partial charge is 0.354 e. The van der Waals surface area contributed by atoms with Crippen LogP contribution in [0.4, 0.5) is 0 Å². The second-order valence-electron chi connectivity index (χ2n) is 8.00. The first-order chi connectivity index (χ1) is 13.6. The van der Waals surface area contributed by atoms with Gasteiger partial charge in [-0.2, -0.15) is 0 Å². The zero-order valence-corrected chi connectivity index (χ0v) is 16.8. The van der Waals surface area contributed by atoms with Crippen LogP contribution >= 0.6 is 0 Å². The first-order valence-electron chi connectivity index (χ1n) is 10.2. The van der Waals surface area contributed by atoms with Crippen molar-refractivity contribution >= 4 is 16.8 Å². The van der Waals surface area contributed by atoms with Crippen LogP contribution in [0.25, 0.3) is 10.9 Å². The standard InChI is InChI=1S/C24H29N3O/c1-19-18-20-8-6-7-11-22(20)27(19)17-14-25-23(28)24(12-15-26(2)16-13-24)21-9-4-3-5-10-21/h3-11,18H,12-17H2,1-2H3,(H,25,28). The highest BCUT2D eigenvalue weighted by Gasteiger charge is 2.41. The molecular formula is C24H29N3O. The number of carbonyl (C=O) groups is 1. The van der Waals surface area contributed by atoms with Crippen LogP contribution in [0, 0.1) is 6.92 Å².